The molecule has 0 atom stereocenters. The summed E-state index contributed by atoms with van der Waals surface area (Å²) in [7, 11) is 0. The first-order chi connectivity index (χ1) is 5.70. The van der Waals surface area contributed by atoms with Crippen molar-refractivity contribution in [2.45, 2.75) is 43.2 Å². The molecule has 1 N–H and O–H groups in total. The number of rotatable bonds is 1. The topological polar surface area (TPSA) is 37.3 Å². The number of carboxylic acid groups (broad SMARTS) is 1. The second-order valence-corrected chi connectivity index (χ2v) is 5.19. The Morgan fingerprint density at radius 3 is 2.00 bits per heavy atom. The van der Waals surface area contributed by atoms with Crippen molar-refractivity contribution in [3.8, 4) is 0 Å². The van der Waals surface area contributed by atoms with Gasteiger partial charge in [0.15, 0.2) is 0 Å². The molecule has 3 heteroatoms. The quantitative estimate of drug-likeness (QED) is 0.774. The van der Waals surface area contributed by atoms with Gasteiger partial charge in [-0.15, -0.1) is 0 Å². The molecule has 1 fully saturated rings. The van der Waals surface area contributed by atoms with E-state index in [0.717, 1.165) is 29.3 Å². The summed E-state index contributed by atoms with van der Waals surface area (Å²) in [5, 5.41) is 8.63. The Balaban J connectivity index is 0.000000561. The van der Waals surface area contributed by atoms with Gasteiger partial charge in [0.05, 0.1) is 0 Å². The van der Waals surface area contributed by atoms with Gasteiger partial charge in [-0.25, -0.2) is 0 Å². The maximum absolute atomic E-state index is 10.5. The summed E-state index contributed by atoms with van der Waals surface area (Å²) in [4.78, 5) is 10.5. The Hall–Kier alpha value is 0.353. The van der Waals surface area contributed by atoms with E-state index in [1.165, 1.54) is 0 Å². The van der Waals surface area contributed by atoms with Crippen LogP contribution in [0.3, 0.4) is 0 Å². The summed E-state index contributed by atoms with van der Waals surface area (Å²) >= 11 is 1.81. The minimum absolute atomic E-state index is 0.0363. The van der Waals surface area contributed by atoms with Gasteiger partial charge in [0.1, 0.15) is 0 Å². The van der Waals surface area contributed by atoms with Crippen LogP contribution in [-0.2, 0) is 4.79 Å². The van der Waals surface area contributed by atoms with Crippen molar-refractivity contribution < 1.29 is 34.6 Å². The molecule has 0 saturated heterocycles. The van der Waals surface area contributed by atoms with Gasteiger partial charge in [0.2, 0.25) is 0 Å². The second kappa shape index (κ2) is 6.82. The first-order valence-electron chi connectivity index (χ1n) is 4.57. The van der Waals surface area contributed by atoms with Crippen LogP contribution < -0.4 is 0 Å². The fourth-order valence-corrected chi connectivity index (χ4v) is 2.28. The summed E-state index contributed by atoms with van der Waals surface area (Å²) < 4.78 is 0.801. The minimum atomic E-state index is -0.599. The van der Waals surface area contributed by atoms with Crippen LogP contribution in [0.5, 0.6) is 0 Å². The number of carboxylic acids is 1. The molecule has 0 aliphatic heterocycles. The molecule has 0 unspecified atom stereocenters. The predicted molar refractivity (Wildman–Crippen MR) is 44.7 cm³/mol. The molecule has 72 valence electrons. The number of carbonyl (C=O) groups is 1. The first kappa shape index (κ1) is 12.4. The van der Waals surface area contributed by atoms with Crippen LogP contribution in [0.1, 0.15) is 39.5 Å². The molecule has 0 spiro atoms. The molecule has 0 aromatic heterocycles. The van der Waals surface area contributed by atoms with Gasteiger partial charge >= 0.3 is 75.8 Å². The van der Waals surface area contributed by atoms with Crippen LogP contribution in [0.15, 0.2) is 0 Å². The first-order valence-corrected chi connectivity index (χ1v) is 6.26. The van der Waals surface area contributed by atoms with Crippen molar-refractivity contribution in [1.82, 2.24) is 0 Å². The molecular weight excluding hydrogens is 350 g/mol. The molecule has 12 heavy (non-hydrogen) atoms. The zero-order chi connectivity index (χ0) is 9.56. The van der Waals surface area contributed by atoms with E-state index in [2.05, 4.69) is 0 Å². The van der Waals surface area contributed by atoms with E-state index in [1.54, 1.807) is 0 Å². The van der Waals surface area contributed by atoms with E-state index in [4.69, 9.17) is 5.11 Å². The Kier molecular flexibility index (Phi) is 7.03. The van der Waals surface area contributed by atoms with E-state index in [9.17, 15) is 4.79 Å². The Morgan fingerprint density at radius 2 is 1.67 bits per heavy atom. The van der Waals surface area contributed by atoms with E-state index >= 15 is 0 Å². The van der Waals surface area contributed by atoms with Gasteiger partial charge in [-0.05, 0) is 0 Å². The molecule has 0 amide bonds. The normalized spacial score (nSPS) is 28.6. The van der Waals surface area contributed by atoms with Gasteiger partial charge in [-0.1, -0.05) is 13.8 Å². The molecule has 1 saturated carbocycles. The average Bonchev–Trinajstić information content (AvgIpc) is 2.09. The molecule has 2 nitrogen and oxygen atoms in total. The molecular formula is C9H17AtO2. The van der Waals surface area contributed by atoms with Crippen molar-refractivity contribution in [1.29, 1.82) is 0 Å². The summed E-state index contributed by atoms with van der Waals surface area (Å²) in [5.41, 5.74) is 0. The zero-order valence-electron chi connectivity index (χ0n) is 7.72. The molecule has 0 aromatic rings. The molecule has 0 bridgehead atoms. The zero-order valence-corrected chi connectivity index (χ0v) is 10.7. The third-order valence-electron chi connectivity index (χ3n) is 2.01. The van der Waals surface area contributed by atoms with E-state index in [-0.39, 0.29) is 5.92 Å². The van der Waals surface area contributed by atoms with E-state index < -0.39 is 5.97 Å². The van der Waals surface area contributed by atoms with Crippen LogP contribution in [0.25, 0.3) is 0 Å². The number of hydrogen-bond acceptors (Lipinski definition) is 1. The van der Waals surface area contributed by atoms with Gasteiger partial charge in [0.25, 0.3) is 0 Å². The summed E-state index contributed by atoms with van der Waals surface area (Å²) in [5.74, 6) is -0.635. The molecule has 0 aromatic carbocycles. The van der Waals surface area contributed by atoms with Gasteiger partial charge in [0, 0.05) is 0 Å². The Labute approximate surface area is 89.6 Å². The van der Waals surface area contributed by atoms with E-state index in [1.807, 2.05) is 38.6 Å². The maximum atomic E-state index is 10.5. The SMILES string of the molecule is CC.O=C(O)C1CCC([At])CC1. The van der Waals surface area contributed by atoms with Crippen LogP contribution in [-0.4, -0.2) is 11.1 Å². The summed E-state index contributed by atoms with van der Waals surface area (Å²) in [6.45, 7) is 4.00. The van der Waals surface area contributed by atoms with Crippen molar-refractivity contribution >= 4 is 5.97 Å². The Bertz CT molecular complexity index is 128. The molecule has 1 rings (SSSR count). The van der Waals surface area contributed by atoms with Gasteiger partial charge in [-0.2, -0.15) is 0 Å². The molecule has 0 heterocycles. The standard InChI is InChI=1S/C7H11AtO2.C2H6/c8-6-3-1-5(2-4-6)7(9)10;1-2/h5-6H,1-4H2,(H,9,10);1-2H3. The van der Waals surface area contributed by atoms with Crippen LogP contribution >= 0.6 is 0 Å². The number of hydrogen-bond donors (Lipinski definition) is 1. The third kappa shape index (κ3) is 4.40. The average molecular weight is 367 g/mol. The summed E-state index contributed by atoms with van der Waals surface area (Å²) in [6, 6.07) is 0. The second-order valence-electron chi connectivity index (χ2n) is 2.79. The Morgan fingerprint density at radius 1 is 1.25 bits per heavy atom. The number of aliphatic carboxylic acids is 1. The molecule has 0 radical (unpaired) electrons. The van der Waals surface area contributed by atoms with Crippen LogP contribution in [0, 0.1) is 30.6 Å². The van der Waals surface area contributed by atoms with Gasteiger partial charge < -0.3 is 0 Å². The summed E-state index contributed by atoms with van der Waals surface area (Å²) in [6.07, 6.45) is 4.04. The van der Waals surface area contributed by atoms with Crippen molar-refractivity contribution in [2.75, 3.05) is 0 Å². The molecule has 1 aliphatic rings. The van der Waals surface area contributed by atoms with Crippen molar-refractivity contribution in [3.05, 3.63) is 0 Å². The fraction of sp³-hybridized carbons (Fsp3) is 0.889. The van der Waals surface area contributed by atoms with Crippen LogP contribution in [0.4, 0.5) is 0 Å². The van der Waals surface area contributed by atoms with Crippen molar-refractivity contribution in [3.63, 3.8) is 0 Å². The third-order valence-corrected chi connectivity index (χ3v) is 3.70. The molecule has 1 aliphatic carbocycles. The predicted octanol–water partition coefficient (Wildman–Crippen LogP) is 2.63. The van der Waals surface area contributed by atoms with Gasteiger partial charge in [-0.3, -0.25) is 0 Å². The van der Waals surface area contributed by atoms with Crippen molar-refractivity contribution in [2.24, 2.45) is 5.92 Å². The monoisotopic (exact) mass is 367 g/mol. The van der Waals surface area contributed by atoms with Crippen LogP contribution in [0.2, 0.25) is 3.63 Å². The van der Waals surface area contributed by atoms with E-state index in [0.29, 0.717) is 0 Å². The fourth-order valence-electron chi connectivity index (χ4n) is 1.30.